The molecule has 0 unspecified atom stereocenters. The number of amides is 2. The zero-order valence-corrected chi connectivity index (χ0v) is 15.8. The number of hydrogen-bond acceptors (Lipinski definition) is 3. The van der Waals surface area contributed by atoms with Crippen molar-refractivity contribution >= 4 is 28.4 Å². The van der Waals surface area contributed by atoms with Crippen molar-refractivity contribution in [3.63, 3.8) is 0 Å². The van der Waals surface area contributed by atoms with Crippen LogP contribution in [0.1, 0.15) is 35.8 Å². The topological polar surface area (TPSA) is 86.9 Å². The Balaban J connectivity index is 1.39. The first-order chi connectivity index (χ1) is 13.7. The third-order valence-electron chi connectivity index (χ3n) is 4.97. The van der Waals surface area contributed by atoms with Gasteiger partial charge in [-0.05, 0) is 42.1 Å². The summed E-state index contributed by atoms with van der Waals surface area (Å²) in [6.45, 7) is 1.58. The molecule has 0 atom stereocenters. The van der Waals surface area contributed by atoms with Crippen molar-refractivity contribution in [2.45, 2.75) is 37.6 Å². The van der Waals surface area contributed by atoms with E-state index in [1.165, 1.54) is 12.3 Å². The number of aromatic amines is 1. The summed E-state index contributed by atoms with van der Waals surface area (Å²) in [5, 5.41) is 6.41. The summed E-state index contributed by atoms with van der Waals surface area (Å²) in [6, 6.07) is 10.7. The number of pyridine rings is 1. The number of nitrogens with zero attached hydrogens (tertiary/aromatic N) is 1. The van der Waals surface area contributed by atoms with Gasteiger partial charge in [0.25, 0.3) is 11.8 Å². The lowest BCUT2D eigenvalue weighted by atomic mass is 9.75. The molecule has 1 saturated carbocycles. The quantitative estimate of drug-likeness (QED) is 0.613. The van der Waals surface area contributed by atoms with E-state index in [-0.39, 0.29) is 18.0 Å². The monoisotopic (exact) mass is 398 g/mol. The van der Waals surface area contributed by atoms with Crippen LogP contribution in [0.5, 0.6) is 0 Å². The molecule has 0 spiro atoms. The third kappa shape index (κ3) is 4.26. The van der Waals surface area contributed by atoms with Crippen molar-refractivity contribution in [3.05, 3.63) is 60.0 Å². The highest BCUT2D eigenvalue weighted by Crippen LogP contribution is 2.45. The Morgan fingerprint density at radius 2 is 1.97 bits per heavy atom. The van der Waals surface area contributed by atoms with E-state index in [1.807, 2.05) is 30.5 Å². The Kier molecular flexibility index (Phi) is 4.56. The third-order valence-corrected chi connectivity index (χ3v) is 4.97. The molecule has 4 rings (SSSR count). The highest BCUT2D eigenvalue weighted by Gasteiger charge is 2.54. The van der Waals surface area contributed by atoms with Crippen LogP contribution in [0, 0.1) is 0 Å². The predicted molar refractivity (Wildman–Crippen MR) is 105 cm³/mol. The number of benzene rings is 1. The number of hydrogen-bond donors (Lipinski definition) is 3. The highest BCUT2D eigenvalue weighted by atomic mass is 19.3. The fourth-order valence-corrected chi connectivity index (χ4v) is 3.74. The molecule has 0 saturated heterocycles. The van der Waals surface area contributed by atoms with Gasteiger partial charge in [0.2, 0.25) is 5.91 Å². The van der Waals surface area contributed by atoms with Crippen molar-refractivity contribution in [2.75, 3.05) is 5.32 Å². The first-order valence-corrected chi connectivity index (χ1v) is 9.24. The summed E-state index contributed by atoms with van der Waals surface area (Å²) in [5.41, 5.74) is 1.33. The lowest BCUT2D eigenvalue weighted by Gasteiger charge is -2.45. The number of H-pyrrole nitrogens is 1. The number of nitrogens with one attached hydrogen (secondary N) is 3. The second kappa shape index (κ2) is 6.95. The van der Waals surface area contributed by atoms with Crippen LogP contribution in [0.3, 0.4) is 0 Å². The molecule has 8 heteroatoms. The molecule has 0 radical (unpaired) electrons. The maximum atomic E-state index is 13.1. The van der Waals surface area contributed by atoms with Gasteiger partial charge in [-0.2, -0.15) is 0 Å². The number of rotatable bonds is 5. The van der Waals surface area contributed by atoms with Gasteiger partial charge in [0.05, 0.1) is 6.42 Å². The van der Waals surface area contributed by atoms with Crippen molar-refractivity contribution < 1.29 is 18.4 Å². The number of fused-ring (bicyclic) bond motifs is 1. The van der Waals surface area contributed by atoms with E-state index in [9.17, 15) is 18.4 Å². The molecule has 2 aromatic heterocycles. The summed E-state index contributed by atoms with van der Waals surface area (Å²) in [7, 11) is 0. The molecule has 2 amide bonds. The highest BCUT2D eigenvalue weighted by molar-refractivity contribution is 5.96. The van der Waals surface area contributed by atoms with Crippen LogP contribution in [0.4, 0.5) is 14.5 Å². The largest absolute Gasteiger partial charge is 0.361 e. The van der Waals surface area contributed by atoms with Crippen LogP contribution >= 0.6 is 0 Å². The van der Waals surface area contributed by atoms with Crippen molar-refractivity contribution in [1.29, 1.82) is 0 Å². The van der Waals surface area contributed by atoms with Gasteiger partial charge in [-0.1, -0.05) is 12.1 Å². The van der Waals surface area contributed by atoms with Gasteiger partial charge in [-0.15, -0.1) is 0 Å². The fourth-order valence-electron chi connectivity index (χ4n) is 3.74. The van der Waals surface area contributed by atoms with Gasteiger partial charge in [0.15, 0.2) is 0 Å². The van der Waals surface area contributed by atoms with E-state index in [1.54, 1.807) is 13.0 Å². The summed E-state index contributed by atoms with van der Waals surface area (Å²) in [5.74, 6) is -3.52. The molecular weight excluding hydrogens is 378 g/mol. The second-order valence-electron chi connectivity index (χ2n) is 7.78. The molecule has 0 aliphatic heterocycles. The predicted octanol–water partition coefficient (Wildman–Crippen LogP) is 3.66. The van der Waals surface area contributed by atoms with Gasteiger partial charge in [0.1, 0.15) is 5.69 Å². The SMILES string of the molecule is CC1(NC(=O)c2cc(NC(=O)Cc3ccc4cc[nH]c4c3)ccn2)CC(F)(F)C1. The summed E-state index contributed by atoms with van der Waals surface area (Å²) < 4.78 is 26.2. The minimum absolute atomic E-state index is 0.0621. The summed E-state index contributed by atoms with van der Waals surface area (Å²) in [4.78, 5) is 31.8. The zero-order chi connectivity index (χ0) is 20.6. The normalized spacial score (nSPS) is 16.8. The lowest BCUT2D eigenvalue weighted by molar-refractivity contribution is -0.124. The Labute approximate surface area is 165 Å². The van der Waals surface area contributed by atoms with Gasteiger partial charge in [-0.25, -0.2) is 8.78 Å². The number of carbonyl (C=O) groups is 2. The first kappa shape index (κ1) is 19.0. The standard InChI is InChI=1S/C21H20F2N4O2/c1-20(11-21(22,23)12-20)27-19(29)17-10-15(5-7-25-17)26-18(28)9-13-2-3-14-4-6-24-16(14)8-13/h2-8,10,24H,9,11-12H2,1H3,(H,27,29)(H,25,26,28). The minimum Gasteiger partial charge on any atom is -0.361 e. The van der Waals surface area contributed by atoms with Crippen molar-refractivity contribution in [3.8, 4) is 0 Å². The average molecular weight is 398 g/mol. The van der Waals surface area contributed by atoms with Crippen LogP contribution in [0.15, 0.2) is 48.8 Å². The summed E-state index contributed by atoms with van der Waals surface area (Å²) in [6.07, 6.45) is 2.61. The molecule has 6 nitrogen and oxygen atoms in total. The molecule has 3 N–H and O–H groups in total. The average Bonchev–Trinajstić information content (AvgIpc) is 3.07. The number of halogens is 2. The van der Waals surface area contributed by atoms with E-state index in [4.69, 9.17) is 0 Å². The van der Waals surface area contributed by atoms with E-state index >= 15 is 0 Å². The maximum Gasteiger partial charge on any atom is 0.270 e. The maximum absolute atomic E-state index is 13.1. The van der Waals surface area contributed by atoms with Crippen molar-refractivity contribution in [2.24, 2.45) is 0 Å². The molecule has 1 aliphatic carbocycles. The van der Waals surface area contributed by atoms with Gasteiger partial charge < -0.3 is 15.6 Å². The van der Waals surface area contributed by atoms with E-state index < -0.39 is 30.2 Å². The van der Waals surface area contributed by atoms with E-state index in [0.717, 1.165) is 16.5 Å². The minimum atomic E-state index is -2.74. The molecule has 29 heavy (non-hydrogen) atoms. The molecule has 150 valence electrons. The van der Waals surface area contributed by atoms with Gasteiger partial charge >= 0.3 is 0 Å². The number of aromatic nitrogens is 2. The van der Waals surface area contributed by atoms with Crippen LogP contribution < -0.4 is 10.6 Å². The molecule has 2 heterocycles. The molecule has 1 aromatic carbocycles. The Morgan fingerprint density at radius 3 is 2.72 bits per heavy atom. The van der Waals surface area contributed by atoms with Crippen LogP contribution in [0.2, 0.25) is 0 Å². The molecule has 1 fully saturated rings. The molecular formula is C21H20F2N4O2. The first-order valence-electron chi connectivity index (χ1n) is 9.24. The molecule has 1 aliphatic rings. The van der Waals surface area contributed by atoms with Crippen LogP contribution in [-0.4, -0.2) is 33.2 Å². The van der Waals surface area contributed by atoms with Crippen LogP contribution in [-0.2, 0) is 11.2 Å². The number of alkyl halides is 2. The lowest BCUT2D eigenvalue weighted by Crippen LogP contribution is -2.60. The Bertz CT molecular complexity index is 1080. The van der Waals surface area contributed by atoms with Crippen molar-refractivity contribution in [1.82, 2.24) is 15.3 Å². The van der Waals surface area contributed by atoms with E-state index in [0.29, 0.717) is 5.69 Å². The Hall–Kier alpha value is -3.29. The van der Waals surface area contributed by atoms with Gasteiger partial charge in [0, 0.05) is 42.0 Å². The molecule has 3 aromatic rings. The zero-order valence-electron chi connectivity index (χ0n) is 15.8. The smallest absolute Gasteiger partial charge is 0.270 e. The number of anilines is 1. The second-order valence-corrected chi connectivity index (χ2v) is 7.78. The van der Waals surface area contributed by atoms with Gasteiger partial charge in [-0.3, -0.25) is 14.6 Å². The summed E-state index contributed by atoms with van der Waals surface area (Å²) >= 11 is 0. The Morgan fingerprint density at radius 1 is 1.17 bits per heavy atom. The number of carbonyl (C=O) groups excluding carboxylic acids is 2. The molecule has 0 bridgehead atoms. The van der Waals surface area contributed by atoms with E-state index in [2.05, 4.69) is 20.6 Å². The fraction of sp³-hybridized carbons (Fsp3) is 0.286. The van der Waals surface area contributed by atoms with Crippen LogP contribution in [0.25, 0.3) is 10.9 Å².